The Kier molecular flexibility index (Phi) is 8.25. The summed E-state index contributed by atoms with van der Waals surface area (Å²) in [6, 6.07) is 25.6. The van der Waals surface area contributed by atoms with Gasteiger partial charge in [-0.2, -0.15) is 0 Å². The van der Waals surface area contributed by atoms with Gasteiger partial charge in [0.15, 0.2) is 0 Å². The molecule has 6 heteroatoms. The number of pyridine rings is 1. The Balaban J connectivity index is 1.15. The van der Waals surface area contributed by atoms with Gasteiger partial charge in [-0.3, -0.25) is 0 Å². The Bertz CT molecular complexity index is 4270. The Morgan fingerprint density at radius 3 is 1.83 bits per heavy atom. The molecule has 1 aliphatic rings. The fourth-order valence-corrected chi connectivity index (χ4v) is 12.2. The Morgan fingerprint density at radius 1 is 0.586 bits per heavy atom. The number of para-hydroxylation sites is 2. The third kappa shape index (κ3) is 6.75. The summed E-state index contributed by atoms with van der Waals surface area (Å²) < 4.78 is 103. The van der Waals surface area contributed by atoms with Crippen molar-refractivity contribution in [2.45, 2.75) is 99.3 Å². The van der Waals surface area contributed by atoms with Crippen molar-refractivity contribution in [1.82, 2.24) is 18.7 Å². The first-order chi connectivity index (χ1) is 37.5. The number of nitrogens with zero attached hydrogens (tertiary/aromatic N) is 4. The molecule has 0 bridgehead atoms. The summed E-state index contributed by atoms with van der Waals surface area (Å²) in [6.07, 6.45) is 1.90. The van der Waals surface area contributed by atoms with Gasteiger partial charge in [-0.1, -0.05) is 68.4 Å². The van der Waals surface area contributed by atoms with Crippen molar-refractivity contribution in [3.63, 3.8) is 0 Å². The molecule has 0 saturated carbocycles. The normalized spacial score (nSPS) is 17.0. The minimum atomic E-state index is -0.552. The Hall–Kier alpha value is -6.55. The van der Waals surface area contributed by atoms with Crippen molar-refractivity contribution in [1.29, 1.82) is 0 Å². The standard InChI is InChI=1S/C64H62N4O.Pt/c1-40-41(2)56(43-22-15-13-16-23-43)60(57(42(40)3)44-24-17-14-18-25-44)67-39-66(51-28-19-20-29-52(51)67)46-26-21-27-47(37-46)69-48-30-31-49-54(38-48)68(55-36-45(34-35-65-55)61(4,5)6)53-33-32-50-59(58(49)53)63(9,10)64(11,12)62(50,7)8;/h13-38H,1-12H3;/i13D,14D,15D,16D,17D,18D,22D,23D,24D,25D;. The first-order valence-electron chi connectivity index (χ1n) is 28.8. The van der Waals surface area contributed by atoms with Crippen LogP contribution in [0.2, 0.25) is 0 Å². The van der Waals surface area contributed by atoms with E-state index in [1.54, 1.807) is 0 Å². The topological polar surface area (TPSA) is 36.9 Å². The maximum atomic E-state index is 9.35. The number of hydrogen-bond acceptors (Lipinski definition) is 2. The summed E-state index contributed by atoms with van der Waals surface area (Å²) in [5.41, 5.74) is 10.0. The zero-order chi connectivity index (χ0) is 57.9. The van der Waals surface area contributed by atoms with Gasteiger partial charge in [0, 0.05) is 6.20 Å². The van der Waals surface area contributed by atoms with Crippen molar-refractivity contribution in [2.75, 3.05) is 0 Å². The summed E-state index contributed by atoms with van der Waals surface area (Å²) in [5, 5.41) is 2.32. The average Bonchev–Trinajstić information content (AvgIpc) is 4.17. The molecule has 70 heavy (non-hydrogen) atoms. The van der Waals surface area contributed by atoms with E-state index in [1.165, 1.54) is 22.1 Å². The van der Waals surface area contributed by atoms with Crippen molar-refractivity contribution in [3.8, 4) is 50.9 Å². The van der Waals surface area contributed by atoms with E-state index in [1.807, 2.05) is 90.7 Å². The van der Waals surface area contributed by atoms with Crippen LogP contribution in [0.1, 0.15) is 109 Å². The molecule has 354 valence electrons. The van der Waals surface area contributed by atoms with Crippen molar-refractivity contribution in [3.05, 3.63) is 195 Å². The molecule has 0 atom stereocenters. The van der Waals surface area contributed by atoms with Crippen molar-refractivity contribution < 1.29 is 37.8 Å². The fourth-order valence-electron chi connectivity index (χ4n) is 11.1. The molecule has 3 heterocycles. The van der Waals surface area contributed by atoms with Crippen LogP contribution in [0.25, 0.3) is 72.3 Å². The van der Waals surface area contributed by atoms with Crippen LogP contribution in [0.3, 0.4) is 0 Å². The van der Waals surface area contributed by atoms with Gasteiger partial charge >= 0.3 is 326 Å². The van der Waals surface area contributed by atoms with E-state index >= 15 is 0 Å². The Morgan fingerprint density at radius 2 is 1.20 bits per heavy atom. The van der Waals surface area contributed by atoms with E-state index < -0.39 is 60.4 Å². The first-order valence-corrected chi connectivity index (χ1v) is 24.9. The first kappa shape index (κ1) is 35.5. The van der Waals surface area contributed by atoms with Crippen LogP contribution in [0.4, 0.5) is 0 Å². The molecule has 0 N–H and O–H groups in total. The van der Waals surface area contributed by atoms with E-state index in [9.17, 15) is 5.48 Å². The molecule has 3 aromatic heterocycles. The SMILES string of the molecule is [2H]c1c([2H])c([2H])c(-c2c(C)c(C)c(C)c(-c3c([2H])c([2H])c([2H])c([2H])c3[2H])c2-n2[c](=[Pt])n(-c3cccc(Oc4ccc5c6c7c(ccc6n(-c6cc(C(C)(C)C)ccn6)c5c4)C(C)(C)C(C)(C)C7(C)C)c3)c3ccccc32)c([2H])c1[2H]. The van der Waals surface area contributed by atoms with Crippen LogP contribution in [0.5, 0.6) is 11.5 Å². The number of rotatable bonds is 7. The minimum absolute atomic E-state index is 0.0665. The van der Waals surface area contributed by atoms with E-state index in [4.69, 9.17) is 17.9 Å². The number of fused-ring (bicyclic) bond motifs is 6. The van der Waals surface area contributed by atoms with Crippen LogP contribution < -0.4 is 4.74 Å². The number of hydrogen-bond donors (Lipinski definition) is 0. The zero-order valence-corrected chi connectivity index (χ0v) is 44.0. The molecule has 1 aliphatic carbocycles. The number of imidazole rings is 1. The zero-order valence-electron chi connectivity index (χ0n) is 51.8. The van der Waals surface area contributed by atoms with Gasteiger partial charge in [-0.25, -0.2) is 0 Å². The molecular weight excluding hydrogens is 1040 g/mol. The van der Waals surface area contributed by atoms with Crippen LogP contribution in [0, 0.1) is 30.0 Å². The summed E-state index contributed by atoms with van der Waals surface area (Å²) in [4.78, 5) is 5.03. The molecular formula is C64H62N4OPt. The van der Waals surface area contributed by atoms with Crippen molar-refractivity contribution >= 4 is 32.8 Å². The average molecular weight is 1110 g/mol. The van der Waals surface area contributed by atoms with E-state index in [-0.39, 0.29) is 43.9 Å². The number of ether oxygens (including phenoxy) is 1. The van der Waals surface area contributed by atoms with Gasteiger partial charge < -0.3 is 0 Å². The molecule has 10 aromatic rings. The molecule has 5 nitrogen and oxygen atoms in total. The molecule has 0 saturated heterocycles. The quantitative estimate of drug-likeness (QED) is 0.159. The number of benzene rings is 7. The van der Waals surface area contributed by atoms with Gasteiger partial charge in [-0.15, -0.1) is 0 Å². The third-order valence-electron chi connectivity index (χ3n) is 16.3. The van der Waals surface area contributed by atoms with Gasteiger partial charge in [0.2, 0.25) is 0 Å². The monoisotopic (exact) mass is 1110 g/mol. The molecule has 0 radical (unpaired) electrons. The summed E-state index contributed by atoms with van der Waals surface area (Å²) >= 11 is 2.22. The molecule has 0 fully saturated rings. The summed E-state index contributed by atoms with van der Waals surface area (Å²) in [5.74, 6) is 1.98. The van der Waals surface area contributed by atoms with Crippen molar-refractivity contribution in [2.24, 2.45) is 5.41 Å². The predicted octanol–water partition coefficient (Wildman–Crippen LogP) is 16.9. The van der Waals surface area contributed by atoms with Gasteiger partial charge in [0.1, 0.15) is 0 Å². The fraction of sp³-hybridized carbons (Fsp3) is 0.250. The second kappa shape index (κ2) is 16.3. The number of aromatic nitrogens is 4. The molecule has 11 rings (SSSR count). The Labute approximate surface area is 437 Å². The second-order valence-electron chi connectivity index (χ2n) is 21.4. The molecule has 0 amide bonds. The van der Waals surface area contributed by atoms with Gasteiger partial charge in [0.25, 0.3) is 0 Å². The van der Waals surface area contributed by atoms with Crippen LogP contribution >= 0.6 is 0 Å². The molecule has 0 unspecified atom stereocenters. The van der Waals surface area contributed by atoms with E-state index in [0.717, 1.165) is 27.8 Å². The third-order valence-corrected chi connectivity index (χ3v) is 17.3. The van der Waals surface area contributed by atoms with Crippen LogP contribution in [-0.4, -0.2) is 18.7 Å². The summed E-state index contributed by atoms with van der Waals surface area (Å²) in [6.45, 7) is 26.4. The molecule has 7 aromatic carbocycles. The molecule has 0 aliphatic heterocycles. The van der Waals surface area contributed by atoms with Gasteiger partial charge in [0.05, 0.1) is 0 Å². The van der Waals surface area contributed by atoms with Crippen LogP contribution in [0.15, 0.2) is 158 Å². The summed E-state index contributed by atoms with van der Waals surface area (Å²) in [7, 11) is 0. The predicted molar refractivity (Wildman–Crippen MR) is 288 cm³/mol. The van der Waals surface area contributed by atoms with Gasteiger partial charge in [-0.05, 0) is 38.9 Å². The van der Waals surface area contributed by atoms with E-state index in [2.05, 4.69) is 123 Å². The molecule has 0 spiro atoms. The van der Waals surface area contributed by atoms with Crippen LogP contribution in [-0.2, 0) is 35.6 Å². The maximum absolute atomic E-state index is 9.35. The second-order valence-corrected chi connectivity index (χ2v) is 22.4. The van der Waals surface area contributed by atoms with E-state index in [0.29, 0.717) is 48.9 Å².